The molecular weight excluding hydrogens is 365 g/mol. The van der Waals surface area contributed by atoms with Crippen molar-refractivity contribution in [2.75, 3.05) is 18.1 Å². The number of ether oxygens (including phenoxy) is 1. The van der Waals surface area contributed by atoms with Crippen molar-refractivity contribution in [2.24, 2.45) is 0 Å². The lowest BCUT2D eigenvalue weighted by atomic mass is 10.1. The number of thioether (sulfide) groups is 1. The third-order valence-corrected chi connectivity index (χ3v) is 4.85. The summed E-state index contributed by atoms with van der Waals surface area (Å²) < 4.78 is 45.7. The van der Waals surface area contributed by atoms with Gasteiger partial charge in [0.1, 0.15) is 11.4 Å². The number of hydrogen-bond acceptors (Lipinski definition) is 4. The van der Waals surface area contributed by atoms with Gasteiger partial charge in [-0.2, -0.15) is 24.9 Å². The highest BCUT2D eigenvalue weighted by Crippen LogP contribution is 2.35. The van der Waals surface area contributed by atoms with E-state index >= 15 is 0 Å². The van der Waals surface area contributed by atoms with E-state index in [1.54, 1.807) is 32.5 Å². The van der Waals surface area contributed by atoms with Gasteiger partial charge in [0.2, 0.25) is 5.91 Å². The van der Waals surface area contributed by atoms with Crippen LogP contribution in [0, 0.1) is 0 Å². The first kappa shape index (κ1) is 20.9. The number of nitrogens with one attached hydrogen (secondary N) is 2. The fourth-order valence-electron chi connectivity index (χ4n) is 2.63. The van der Waals surface area contributed by atoms with Gasteiger partial charge in [-0.05, 0) is 38.5 Å². The molecule has 1 heterocycles. The number of benzene rings is 1. The molecule has 1 saturated heterocycles. The van der Waals surface area contributed by atoms with Gasteiger partial charge in [0.25, 0.3) is 0 Å². The Morgan fingerprint density at radius 3 is 2.65 bits per heavy atom. The summed E-state index contributed by atoms with van der Waals surface area (Å²) in [7, 11) is 0. The van der Waals surface area contributed by atoms with E-state index in [1.165, 1.54) is 12.1 Å². The number of hydrogen-bond donors (Lipinski definition) is 2. The molecule has 8 heteroatoms. The molecule has 0 aromatic heterocycles. The fraction of sp³-hybridized carbons (Fsp3) is 0.611. The molecule has 1 amide bonds. The molecule has 1 aliphatic heterocycles. The summed E-state index contributed by atoms with van der Waals surface area (Å²) in [5, 5.41) is 5.83. The van der Waals surface area contributed by atoms with E-state index < -0.39 is 17.3 Å². The van der Waals surface area contributed by atoms with Crippen LogP contribution in [0.15, 0.2) is 18.2 Å². The predicted octanol–water partition coefficient (Wildman–Crippen LogP) is 3.59. The van der Waals surface area contributed by atoms with Gasteiger partial charge in [-0.1, -0.05) is 6.07 Å². The third-order valence-electron chi connectivity index (χ3n) is 3.72. The Morgan fingerprint density at radius 1 is 1.35 bits per heavy atom. The minimum atomic E-state index is -4.51. The topological polar surface area (TPSA) is 50.4 Å². The molecule has 26 heavy (non-hydrogen) atoms. The fourth-order valence-corrected chi connectivity index (χ4v) is 3.58. The maximum Gasteiger partial charge on any atom is 0.416 e. The van der Waals surface area contributed by atoms with Crippen molar-refractivity contribution < 1.29 is 22.7 Å². The lowest BCUT2D eigenvalue weighted by Gasteiger charge is -2.23. The highest BCUT2D eigenvalue weighted by Gasteiger charge is 2.34. The van der Waals surface area contributed by atoms with Crippen LogP contribution in [0.4, 0.5) is 13.2 Å². The van der Waals surface area contributed by atoms with Gasteiger partial charge in [0.15, 0.2) is 0 Å². The molecule has 0 spiro atoms. The molecule has 0 radical (unpaired) electrons. The number of carbonyl (C=O) groups excluding carboxylic acids is 1. The molecule has 146 valence electrons. The quantitative estimate of drug-likeness (QED) is 0.807. The molecule has 1 aliphatic rings. The van der Waals surface area contributed by atoms with Gasteiger partial charge >= 0.3 is 6.18 Å². The Morgan fingerprint density at radius 2 is 2.08 bits per heavy atom. The van der Waals surface area contributed by atoms with E-state index in [1.807, 2.05) is 0 Å². The van der Waals surface area contributed by atoms with Crippen molar-refractivity contribution in [2.45, 2.75) is 51.6 Å². The van der Waals surface area contributed by atoms with Crippen LogP contribution in [0.5, 0.6) is 5.75 Å². The molecule has 2 rings (SSSR count). The summed E-state index contributed by atoms with van der Waals surface area (Å²) in [5.74, 6) is 1.74. The predicted molar refractivity (Wildman–Crippen MR) is 97.4 cm³/mol. The van der Waals surface area contributed by atoms with Crippen molar-refractivity contribution in [3.05, 3.63) is 29.3 Å². The number of alkyl halides is 3. The molecule has 0 saturated carbocycles. The van der Waals surface area contributed by atoms with Crippen LogP contribution < -0.4 is 15.4 Å². The first-order chi connectivity index (χ1) is 12.0. The standard InChI is InChI=1S/C18H25F3N2O2S/c1-17(2,3)25-14-5-4-12(15(9-14)18(19,20)21)10-23-16(24)8-13-11-26-7-6-22-13/h4-5,9,13,22H,6-8,10-11H2,1-3H3,(H,23,24). The number of amides is 1. The second-order valence-corrected chi connectivity index (χ2v) is 8.39. The third kappa shape index (κ3) is 6.72. The van der Waals surface area contributed by atoms with Gasteiger partial charge in [-0.25, -0.2) is 0 Å². The molecule has 1 unspecified atom stereocenters. The summed E-state index contributed by atoms with van der Waals surface area (Å²) in [6, 6.07) is 3.92. The normalized spacial score (nSPS) is 18.5. The van der Waals surface area contributed by atoms with Crippen LogP contribution in [-0.2, 0) is 17.5 Å². The zero-order valence-electron chi connectivity index (χ0n) is 15.2. The van der Waals surface area contributed by atoms with Crippen LogP contribution in [0.25, 0.3) is 0 Å². The van der Waals surface area contributed by atoms with E-state index in [-0.39, 0.29) is 36.2 Å². The van der Waals surface area contributed by atoms with Crippen LogP contribution in [-0.4, -0.2) is 35.6 Å². The summed E-state index contributed by atoms with van der Waals surface area (Å²) in [6.07, 6.45) is -4.25. The summed E-state index contributed by atoms with van der Waals surface area (Å²) >= 11 is 1.77. The number of carbonyl (C=O) groups is 1. The highest BCUT2D eigenvalue weighted by molar-refractivity contribution is 7.99. The largest absolute Gasteiger partial charge is 0.488 e. The Hall–Kier alpha value is -1.41. The zero-order chi connectivity index (χ0) is 19.4. The lowest BCUT2D eigenvalue weighted by Crippen LogP contribution is -2.41. The van der Waals surface area contributed by atoms with Crippen molar-refractivity contribution >= 4 is 17.7 Å². The summed E-state index contributed by atoms with van der Waals surface area (Å²) in [4.78, 5) is 12.0. The molecule has 1 aromatic carbocycles. The molecule has 1 aromatic rings. The minimum Gasteiger partial charge on any atom is -0.488 e. The number of halogens is 3. The maximum absolute atomic E-state index is 13.4. The van der Waals surface area contributed by atoms with Crippen molar-refractivity contribution in [3.63, 3.8) is 0 Å². The van der Waals surface area contributed by atoms with E-state index in [0.29, 0.717) is 0 Å². The summed E-state index contributed by atoms with van der Waals surface area (Å²) in [6.45, 7) is 5.99. The Bertz CT molecular complexity index is 624. The lowest BCUT2D eigenvalue weighted by molar-refractivity contribution is -0.138. The average molecular weight is 390 g/mol. The summed E-state index contributed by atoms with van der Waals surface area (Å²) in [5.41, 5.74) is -1.35. The Kier molecular flexibility index (Phi) is 6.85. The second-order valence-electron chi connectivity index (χ2n) is 7.24. The van der Waals surface area contributed by atoms with Crippen molar-refractivity contribution in [1.29, 1.82) is 0 Å². The molecular formula is C18H25F3N2O2S. The van der Waals surface area contributed by atoms with E-state index in [4.69, 9.17) is 4.74 Å². The minimum absolute atomic E-state index is 0.0260. The molecule has 1 fully saturated rings. The molecule has 1 atom stereocenters. The van der Waals surface area contributed by atoms with Gasteiger partial charge in [0, 0.05) is 37.1 Å². The molecule has 0 aliphatic carbocycles. The van der Waals surface area contributed by atoms with Crippen LogP contribution in [0.2, 0.25) is 0 Å². The van der Waals surface area contributed by atoms with Crippen molar-refractivity contribution in [3.8, 4) is 5.75 Å². The number of rotatable bonds is 5. The van der Waals surface area contributed by atoms with Gasteiger partial charge in [-0.3, -0.25) is 4.79 Å². The van der Waals surface area contributed by atoms with Crippen LogP contribution in [0.3, 0.4) is 0 Å². The van der Waals surface area contributed by atoms with Crippen molar-refractivity contribution in [1.82, 2.24) is 10.6 Å². The highest BCUT2D eigenvalue weighted by atomic mass is 32.2. The molecule has 2 N–H and O–H groups in total. The first-order valence-corrected chi connectivity index (χ1v) is 9.67. The van der Waals surface area contributed by atoms with E-state index in [0.717, 1.165) is 24.1 Å². The van der Waals surface area contributed by atoms with E-state index in [2.05, 4.69) is 10.6 Å². The first-order valence-electron chi connectivity index (χ1n) is 8.51. The van der Waals surface area contributed by atoms with Gasteiger partial charge < -0.3 is 15.4 Å². The maximum atomic E-state index is 13.4. The molecule has 4 nitrogen and oxygen atoms in total. The monoisotopic (exact) mass is 390 g/mol. The van der Waals surface area contributed by atoms with Crippen LogP contribution in [0.1, 0.15) is 38.3 Å². The van der Waals surface area contributed by atoms with E-state index in [9.17, 15) is 18.0 Å². The van der Waals surface area contributed by atoms with Gasteiger partial charge in [0.05, 0.1) is 5.56 Å². The Labute approximate surface area is 156 Å². The SMILES string of the molecule is CC(C)(C)Oc1ccc(CNC(=O)CC2CSCCN2)c(C(F)(F)F)c1. The molecule has 0 bridgehead atoms. The van der Waals surface area contributed by atoms with Crippen LogP contribution >= 0.6 is 11.8 Å². The van der Waals surface area contributed by atoms with Gasteiger partial charge in [-0.15, -0.1) is 0 Å². The Balaban J connectivity index is 2.04. The zero-order valence-corrected chi connectivity index (χ0v) is 16.0. The average Bonchev–Trinajstić information content (AvgIpc) is 2.52. The smallest absolute Gasteiger partial charge is 0.416 e. The second kappa shape index (κ2) is 8.52.